The molecule has 0 bridgehead atoms. The number of methoxy groups -OCH3 is 1. The zero-order chi connectivity index (χ0) is 15.9. The van der Waals surface area contributed by atoms with Crippen LogP contribution < -0.4 is 4.74 Å². The predicted molar refractivity (Wildman–Crippen MR) is 85.9 cm³/mol. The predicted octanol–water partition coefficient (Wildman–Crippen LogP) is 2.09. The van der Waals surface area contributed by atoms with Gasteiger partial charge in [0.2, 0.25) is 5.91 Å². The van der Waals surface area contributed by atoms with Crippen molar-refractivity contribution in [3.05, 3.63) is 29.8 Å². The molecule has 1 amide bonds. The molecule has 1 aromatic rings. The van der Waals surface area contributed by atoms with Crippen molar-refractivity contribution in [3.63, 3.8) is 0 Å². The maximum absolute atomic E-state index is 12.4. The Labute approximate surface area is 135 Å². The zero-order valence-electron chi connectivity index (χ0n) is 12.9. The fourth-order valence-electron chi connectivity index (χ4n) is 2.27. The number of fused-ring (bicyclic) bond motifs is 1. The van der Waals surface area contributed by atoms with Crippen molar-refractivity contribution in [1.82, 2.24) is 4.90 Å². The fourth-order valence-corrected chi connectivity index (χ4v) is 3.01. The average molecular weight is 323 g/mol. The van der Waals surface area contributed by atoms with E-state index < -0.39 is 0 Å². The van der Waals surface area contributed by atoms with Crippen LogP contribution >= 0.6 is 11.8 Å². The Bertz CT molecular complexity index is 535. The second-order valence-electron chi connectivity index (χ2n) is 5.17. The molecular weight excluding hydrogens is 302 g/mol. The molecule has 1 aromatic carbocycles. The van der Waals surface area contributed by atoms with Crippen LogP contribution in [0.3, 0.4) is 0 Å². The first-order chi connectivity index (χ1) is 10.6. The summed E-state index contributed by atoms with van der Waals surface area (Å²) in [6.07, 6.45) is 0.411. The van der Waals surface area contributed by atoms with Crippen molar-refractivity contribution in [2.75, 3.05) is 25.2 Å². The number of ether oxygens (including phenoxy) is 2. The fraction of sp³-hybridized carbons (Fsp3) is 0.500. The van der Waals surface area contributed by atoms with E-state index in [1.54, 1.807) is 0 Å². The lowest BCUT2D eigenvalue weighted by Crippen LogP contribution is -2.40. The Morgan fingerprint density at radius 2 is 2.18 bits per heavy atom. The van der Waals surface area contributed by atoms with Crippen molar-refractivity contribution in [2.45, 2.75) is 25.9 Å². The zero-order valence-corrected chi connectivity index (χ0v) is 13.7. The molecule has 1 aliphatic heterocycles. The summed E-state index contributed by atoms with van der Waals surface area (Å²) in [5.74, 6) is 1.57. The molecule has 22 heavy (non-hydrogen) atoms. The van der Waals surface area contributed by atoms with Gasteiger partial charge in [-0.15, -0.1) is 11.8 Å². The van der Waals surface area contributed by atoms with Crippen molar-refractivity contribution in [3.8, 4) is 5.75 Å². The summed E-state index contributed by atoms with van der Waals surface area (Å²) < 4.78 is 10.3. The molecule has 1 heterocycles. The first-order valence-electron chi connectivity index (χ1n) is 7.26. The molecule has 1 aliphatic rings. The molecule has 0 spiro atoms. The highest BCUT2D eigenvalue weighted by Gasteiger charge is 2.25. The highest BCUT2D eigenvalue weighted by molar-refractivity contribution is 7.99. The van der Waals surface area contributed by atoms with Gasteiger partial charge < -0.3 is 14.4 Å². The Kier molecular flexibility index (Phi) is 6.12. The lowest BCUT2D eigenvalue weighted by molar-refractivity contribution is -0.137. The lowest BCUT2D eigenvalue weighted by Gasteiger charge is -2.26. The van der Waals surface area contributed by atoms with Gasteiger partial charge in [0.1, 0.15) is 12.4 Å². The number of hydrogen-bond acceptors (Lipinski definition) is 5. The molecule has 0 fully saturated rings. The van der Waals surface area contributed by atoms with E-state index in [2.05, 4.69) is 4.74 Å². The summed E-state index contributed by atoms with van der Waals surface area (Å²) in [7, 11) is 1.37. The minimum Gasteiger partial charge on any atom is -0.491 e. The number of benzene rings is 1. The third kappa shape index (κ3) is 4.40. The van der Waals surface area contributed by atoms with Crippen molar-refractivity contribution in [2.24, 2.45) is 0 Å². The van der Waals surface area contributed by atoms with Gasteiger partial charge in [-0.2, -0.15) is 0 Å². The van der Waals surface area contributed by atoms with E-state index >= 15 is 0 Å². The minimum absolute atomic E-state index is 0.0329. The molecule has 0 saturated carbocycles. The van der Waals surface area contributed by atoms with Crippen LogP contribution in [-0.2, 0) is 20.9 Å². The molecular formula is C16H21NO4S. The van der Waals surface area contributed by atoms with Gasteiger partial charge in [0.05, 0.1) is 18.9 Å². The van der Waals surface area contributed by atoms with Crippen molar-refractivity contribution >= 4 is 23.6 Å². The van der Waals surface area contributed by atoms with E-state index in [-0.39, 0.29) is 23.7 Å². The number of nitrogens with zero attached hydrogens (tertiary/aromatic N) is 1. The van der Waals surface area contributed by atoms with Crippen LogP contribution in [0.2, 0.25) is 0 Å². The molecule has 6 heteroatoms. The van der Waals surface area contributed by atoms with E-state index in [4.69, 9.17) is 4.74 Å². The van der Waals surface area contributed by atoms with Gasteiger partial charge in [-0.25, -0.2) is 0 Å². The summed E-state index contributed by atoms with van der Waals surface area (Å²) in [4.78, 5) is 25.3. The number of rotatable bonds is 5. The SMILES string of the molecule is COC(=O)CSCCC(=O)N1Cc2ccccc2OCC1C. The number of carbonyl (C=O) groups excluding carboxylic acids is 2. The first-order valence-corrected chi connectivity index (χ1v) is 8.42. The number of carbonyl (C=O) groups is 2. The number of esters is 1. The second kappa shape index (κ2) is 8.08. The van der Waals surface area contributed by atoms with Crippen molar-refractivity contribution in [1.29, 1.82) is 0 Å². The molecule has 120 valence electrons. The Morgan fingerprint density at radius 1 is 1.41 bits per heavy atom. The normalized spacial score (nSPS) is 17.2. The quantitative estimate of drug-likeness (QED) is 0.613. The summed E-state index contributed by atoms with van der Waals surface area (Å²) in [6, 6.07) is 7.84. The molecule has 0 radical (unpaired) electrons. The number of para-hydroxylation sites is 1. The second-order valence-corrected chi connectivity index (χ2v) is 6.27. The molecule has 0 saturated heterocycles. The third-order valence-corrected chi connectivity index (χ3v) is 4.49. The maximum Gasteiger partial charge on any atom is 0.315 e. The Morgan fingerprint density at radius 3 is 2.95 bits per heavy atom. The highest BCUT2D eigenvalue weighted by Crippen LogP contribution is 2.25. The molecule has 5 nitrogen and oxygen atoms in total. The van der Waals surface area contributed by atoms with Crippen LogP contribution in [0.25, 0.3) is 0 Å². The largest absolute Gasteiger partial charge is 0.491 e. The van der Waals surface area contributed by atoms with E-state index in [1.165, 1.54) is 18.9 Å². The van der Waals surface area contributed by atoms with Crippen LogP contribution in [0.1, 0.15) is 18.9 Å². The monoisotopic (exact) mass is 323 g/mol. The third-order valence-electron chi connectivity index (χ3n) is 3.55. The minimum atomic E-state index is -0.261. The van der Waals surface area contributed by atoms with Crippen LogP contribution in [0, 0.1) is 0 Å². The van der Waals surface area contributed by atoms with Crippen LogP contribution in [0.15, 0.2) is 24.3 Å². The number of hydrogen-bond donors (Lipinski definition) is 0. The van der Waals surface area contributed by atoms with Gasteiger partial charge in [-0.3, -0.25) is 9.59 Å². The first kappa shape index (κ1) is 16.7. The smallest absolute Gasteiger partial charge is 0.315 e. The van der Waals surface area contributed by atoms with Gasteiger partial charge in [-0.05, 0) is 13.0 Å². The summed E-state index contributed by atoms with van der Waals surface area (Å²) in [5, 5.41) is 0. The van der Waals surface area contributed by atoms with Gasteiger partial charge in [0.25, 0.3) is 0 Å². The molecule has 1 atom stereocenters. The maximum atomic E-state index is 12.4. The topological polar surface area (TPSA) is 55.8 Å². The highest BCUT2D eigenvalue weighted by atomic mass is 32.2. The Hall–Kier alpha value is -1.69. The van der Waals surface area contributed by atoms with Crippen molar-refractivity contribution < 1.29 is 19.1 Å². The molecule has 0 N–H and O–H groups in total. The van der Waals surface area contributed by atoms with E-state index in [0.29, 0.717) is 25.3 Å². The number of amides is 1. The number of thioether (sulfide) groups is 1. The Balaban J connectivity index is 1.89. The van der Waals surface area contributed by atoms with Crippen LogP contribution in [0.4, 0.5) is 0 Å². The average Bonchev–Trinajstić information content (AvgIpc) is 2.70. The molecule has 1 unspecified atom stereocenters. The van der Waals surface area contributed by atoms with Crippen LogP contribution in [-0.4, -0.2) is 48.0 Å². The van der Waals surface area contributed by atoms with E-state index in [0.717, 1.165) is 11.3 Å². The van der Waals surface area contributed by atoms with Crippen LogP contribution in [0.5, 0.6) is 5.75 Å². The summed E-state index contributed by atoms with van der Waals surface area (Å²) >= 11 is 1.42. The summed E-state index contributed by atoms with van der Waals surface area (Å²) in [6.45, 7) is 3.06. The van der Waals surface area contributed by atoms with Gasteiger partial charge >= 0.3 is 5.97 Å². The van der Waals surface area contributed by atoms with E-state index in [1.807, 2.05) is 36.1 Å². The lowest BCUT2D eigenvalue weighted by atomic mass is 10.1. The summed E-state index contributed by atoms with van der Waals surface area (Å²) in [5.41, 5.74) is 1.03. The standard InChI is InChI=1S/C16H21NO4S/c1-12-10-21-14-6-4-3-5-13(14)9-17(12)15(18)7-8-22-11-16(19)20-2/h3-6,12H,7-11H2,1-2H3. The van der Waals surface area contributed by atoms with E-state index in [9.17, 15) is 9.59 Å². The van der Waals surface area contributed by atoms with Gasteiger partial charge in [0.15, 0.2) is 0 Å². The van der Waals surface area contributed by atoms with Gasteiger partial charge in [0, 0.05) is 24.3 Å². The molecule has 0 aromatic heterocycles. The molecule has 2 rings (SSSR count). The van der Waals surface area contributed by atoms with Gasteiger partial charge in [-0.1, -0.05) is 18.2 Å². The molecule has 0 aliphatic carbocycles.